The Morgan fingerprint density at radius 3 is 2.18 bits per heavy atom. The molecule has 0 aliphatic rings. The maximum absolute atomic E-state index is 9.10. The van der Waals surface area contributed by atoms with Crippen LogP contribution in [0.25, 0.3) is 15.7 Å². The van der Waals surface area contributed by atoms with Gasteiger partial charge in [-0.1, -0.05) is 18.2 Å². The molecule has 0 spiro atoms. The molecule has 108 valence electrons. The third-order valence-electron chi connectivity index (χ3n) is 3.67. The number of anilines is 3. The second kappa shape index (κ2) is 5.74. The van der Waals surface area contributed by atoms with Gasteiger partial charge in [0.25, 0.3) is 0 Å². The van der Waals surface area contributed by atoms with Crippen LogP contribution in [0.4, 0.5) is 22.7 Å². The van der Waals surface area contributed by atoms with Crippen LogP contribution in [-0.2, 0) is 0 Å². The van der Waals surface area contributed by atoms with Gasteiger partial charge in [0, 0.05) is 42.6 Å². The van der Waals surface area contributed by atoms with E-state index in [0.29, 0.717) is 5.69 Å². The van der Waals surface area contributed by atoms with Gasteiger partial charge in [0.1, 0.15) is 0 Å². The van der Waals surface area contributed by atoms with E-state index >= 15 is 0 Å². The van der Waals surface area contributed by atoms with E-state index in [-0.39, 0.29) is 0 Å². The van der Waals surface area contributed by atoms with Crippen molar-refractivity contribution in [2.45, 2.75) is 0 Å². The zero-order valence-corrected chi connectivity index (χ0v) is 12.6. The first-order valence-corrected chi connectivity index (χ1v) is 7.10. The Kier molecular flexibility index (Phi) is 3.63. The van der Waals surface area contributed by atoms with Crippen molar-refractivity contribution in [1.82, 2.24) is 0 Å². The minimum Gasteiger partial charge on any atom is -0.378 e. The van der Waals surface area contributed by atoms with Gasteiger partial charge >= 0.3 is 5.69 Å². The Labute approximate surface area is 129 Å². The quantitative estimate of drug-likeness (QED) is 0.679. The summed E-state index contributed by atoms with van der Waals surface area (Å²) < 4.78 is 0. The fraction of sp³-hybridized carbons (Fsp3) is 0.111. The summed E-state index contributed by atoms with van der Waals surface area (Å²) in [6.45, 7) is 0. The molecule has 3 aromatic carbocycles. The number of nitrogens with zero attached hydrogens (tertiary/aromatic N) is 3. The van der Waals surface area contributed by atoms with Crippen molar-refractivity contribution in [1.29, 1.82) is 5.39 Å². The van der Waals surface area contributed by atoms with E-state index < -0.39 is 0 Å². The van der Waals surface area contributed by atoms with Crippen LogP contribution in [0.15, 0.2) is 60.7 Å². The average Bonchev–Trinajstić information content (AvgIpc) is 2.55. The van der Waals surface area contributed by atoms with Gasteiger partial charge < -0.3 is 10.2 Å². The predicted octanol–water partition coefficient (Wildman–Crippen LogP) is 5.13. The predicted molar refractivity (Wildman–Crippen MR) is 92.7 cm³/mol. The summed E-state index contributed by atoms with van der Waals surface area (Å²) in [5.41, 5.74) is 3.74. The molecule has 0 heterocycles. The van der Waals surface area contributed by atoms with Gasteiger partial charge in [0.05, 0.1) is 5.39 Å². The SMILES string of the molecule is CN(C)c1ccc(Nc2ccc([N+]#N)c3ccccc23)cc1. The van der Waals surface area contributed by atoms with Crippen LogP contribution in [0.2, 0.25) is 0 Å². The largest absolute Gasteiger partial charge is 0.392 e. The van der Waals surface area contributed by atoms with Crippen molar-refractivity contribution in [2.24, 2.45) is 0 Å². The normalized spacial score (nSPS) is 10.2. The molecule has 3 rings (SSSR count). The first-order valence-electron chi connectivity index (χ1n) is 7.10. The summed E-state index contributed by atoms with van der Waals surface area (Å²) in [6.07, 6.45) is 0. The van der Waals surface area contributed by atoms with Crippen molar-refractivity contribution in [3.63, 3.8) is 0 Å². The zero-order valence-electron chi connectivity index (χ0n) is 12.6. The Bertz CT molecular complexity index is 845. The zero-order chi connectivity index (χ0) is 15.5. The fourth-order valence-corrected chi connectivity index (χ4v) is 2.48. The molecule has 0 radical (unpaired) electrons. The maximum Gasteiger partial charge on any atom is 0.392 e. The highest BCUT2D eigenvalue weighted by molar-refractivity contribution is 6.02. The highest BCUT2D eigenvalue weighted by Crippen LogP contribution is 2.33. The molecule has 0 amide bonds. The molecule has 0 aliphatic heterocycles. The number of hydrogen-bond donors (Lipinski definition) is 1. The van der Waals surface area contributed by atoms with E-state index in [1.54, 1.807) is 6.07 Å². The molecule has 4 nitrogen and oxygen atoms in total. The molecular formula is C18H17N4+. The number of hydrogen-bond acceptors (Lipinski definition) is 3. The van der Waals surface area contributed by atoms with Crippen molar-refractivity contribution in [3.05, 3.63) is 65.6 Å². The number of diazo groups is 1. The molecule has 0 saturated carbocycles. The van der Waals surface area contributed by atoms with Gasteiger partial charge in [-0.2, -0.15) is 0 Å². The number of benzene rings is 3. The molecule has 0 fully saturated rings. The molecular weight excluding hydrogens is 272 g/mol. The van der Waals surface area contributed by atoms with Crippen LogP contribution >= 0.6 is 0 Å². The smallest absolute Gasteiger partial charge is 0.378 e. The summed E-state index contributed by atoms with van der Waals surface area (Å²) in [4.78, 5) is 5.41. The highest BCUT2D eigenvalue weighted by Gasteiger charge is 2.13. The molecule has 0 aromatic heterocycles. The van der Waals surface area contributed by atoms with Crippen molar-refractivity contribution < 1.29 is 0 Å². The van der Waals surface area contributed by atoms with Gasteiger partial charge in [0.2, 0.25) is 5.39 Å². The standard InChI is InChI=1S/C18H17N4/c1-22(2)14-9-7-13(8-10-14)20-17-11-12-18(21-19)16-6-4-3-5-15(16)17/h3-12,20H,1-2H3/q+1. The van der Waals surface area contributed by atoms with Crippen LogP contribution in [0.3, 0.4) is 0 Å². The Balaban J connectivity index is 1.99. The minimum atomic E-state index is 0.573. The average molecular weight is 289 g/mol. The lowest BCUT2D eigenvalue weighted by Gasteiger charge is -2.14. The second-order valence-electron chi connectivity index (χ2n) is 5.34. The maximum atomic E-state index is 9.10. The summed E-state index contributed by atoms with van der Waals surface area (Å²) in [5.74, 6) is 0. The molecule has 3 aromatic rings. The molecule has 0 aliphatic carbocycles. The number of nitrogens with one attached hydrogen (secondary N) is 1. The summed E-state index contributed by atoms with van der Waals surface area (Å²) in [5, 5.41) is 14.5. The number of rotatable bonds is 3. The van der Waals surface area contributed by atoms with Crippen LogP contribution in [0.5, 0.6) is 0 Å². The van der Waals surface area contributed by atoms with Crippen LogP contribution < -0.4 is 10.2 Å². The molecule has 1 N–H and O–H groups in total. The molecule has 0 unspecified atom stereocenters. The van der Waals surface area contributed by atoms with Gasteiger partial charge in [-0.3, -0.25) is 0 Å². The third kappa shape index (κ3) is 2.57. The van der Waals surface area contributed by atoms with Crippen molar-refractivity contribution in [2.75, 3.05) is 24.3 Å². The third-order valence-corrected chi connectivity index (χ3v) is 3.67. The lowest BCUT2D eigenvalue weighted by atomic mass is 10.1. The van der Waals surface area contributed by atoms with E-state index in [1.807, 2.05) is 44.4 Å². The van der Waals surface area contributed by atoms with Crippen molar-refractivity contribution >= 4 is 33.5 Å². The van der Waals surface area contributed by atoms with Gasteiger partial charge in [-0.05, 0) is 36.4 Å². The van der Waals surface area contributed by atoms with E-state index in [9.17, 15) is 0 Å². The molecule has 0 atom stereocenters. The van der Waals surface area contributed by atoms with Crippen LogP contribution in [-0.4, -0.2) is 14.1 Å². The van der Waals surface area contributed by atoms with Gasteiger partial charge in [-0.15, -0.1) is 0 Å². The van der Waals surface area contributed by atoms with E-state index in [4.69, 9.17) is 5.39 Å². The second-order valence-corrected chi connectivity index (χ2v) is 5.34. The topological polar surface area (TPSA) is 43.4 Å². The van der Waals surface area contributed by atoms with Gasteiger partial charge in [-0.25, -0.2) is 0 Å². The summed E-state index contributed by atoms with van der Waals surface area (Å²) in [7, 11) is 4.04. The lowest BCUT2D eigenvalue weighted by Crippen LogP contribution is -2.08. The first-order chi connectivity index (χ1) is 10.7. The highest BCUT2D eigenvalue weighted by atomic mass is 15.1. The lowest BCUT2D eigenvalue weighted by molar-refractivity contribution is 1.13. The summed E-state index contributed by atoms with van der Waals surface area (Å²) in [6, 6.07) is 19.9. The Hall–Kier alpha value is -3.06. The molecule has 0 bridgehead atoms. The number of fused-ring (bicyclic) bond motifs is 1. The van der Waals surface area contributed by atoms with Gasteiger partial charge in [0.15, 0.2) is 4.98 Å². The van der Waals surface area contributed by atoms with E-state index in [2.05, 4.69) is 39.5 Å². The Morgan fingerprint density at radius 2 is 1.55 bits per heavy atom. The first kappa shape index (κ1) is 13.9. The molecule has 4 heteroatoms. The van der Waals surface area contributed by atoms with Crippen LogP contribution in [0.1, 0.15) is 0 Å². The Morgan fingerprint density at radius 1 is 0.864 bits per heavy atom. The van der Waals surface area contributed by atoms with E-state index in [1.165, 1.54) is 0 Å². The van der Waals surface area contributed by atoms with E-state index in [0.717, 1.165) is 27.8 Å². The molecule has 22 heavy (non-hydrogen) atoms. The molecule has 0 saturated heterocycles. The summed E-state index contributed by atoms with van der Waals surface area (Å²) >= 11 is 0. The van der Waals surface area contributed by atoms with Crippen molar-refractivity contribution in [3.8, 4) is 0 Å². The van der Waals surface area contributed by atoms with Crippen LogP contribution in [0, 0.1) is 5.39 Å². The minimum absolute atomic E-state index is 0.573. The fourth-order valence-electron chi connectivity index (χ4n) is 2.48. The monoisotopic (exact) mass is 289 g/mol.